The summed E-state index contributed by atoms with van der Waals surface area (Å²) in [5, 5.41) is 7.99. The van der Waals surface area contributed by atoms with E-state index in [1.54, 1.807) is 12.4 Å². The molecule has 2 aliphatic rings. The second-order valence-electron chi connectivity index (χ2n) is 5.28. The Balaban J connectivity index is 1.70. The summed E-state index contributed by atoms with van der Waals surface area (Å²) in [6.45, 7) is 1.80. The highest BCUT2D eigenvalue weighted by molar-refractivity contribution is 5.55. The van der Waals surface area contributed by atoms with Crippen LogP contribution in [0, 0.1) is 0 Å². The van der Waals surface area contributed by atoms with Crippen LogP contribution < -0.4 is 5.32 Å². The van der Waals surface area contributed by atoms with Crippen LogP contribution in [0.4, 0.5) is 5.95 Å². The number of pyridine rings is 1. The number of nitrogens with zero attached hydrogens (tertiary/aromatic N) is 4. The number of aromatic nitrogens is 4. The van der Waals surface area contributed by atoms with Crippen LogP contribution >= 0.6 is 0 Å². The molecule has 0 radical (unpaired) electrons. The van der Waals surface area contributed by atoms with E-state index in [0.29, 0.717) is 6.04 Å². The Hall–Kier alpha value is -1.95. The Kier molecular flexibility index (Phi) is 2.88. The monoisotopic (exact) mass is 271 g/mol. The normalized spacial score (nSPS) is 25.2. The summed E-state index contributed by atoms with van der Waals surface area (Å²) in [6.07, 6.45) is 7.13. The summed E-state index contributed by atoms with van der Waals surface area (Å²) in [4.78, 5) is 8.72. The lowest BCUT2D eigenvalue weighted by Crippen LogP contribution is -2.32. The molecule has 2 aromatic heterocycles. The summed E-state index contributed by atoms with van der Waals surface area (Å²) in [5.41, 5.74) is 0.947. The first-order valence-corrected chi connectivity index (χ1v) is 7.14. The molecule has 6 heteroatoms. The Morgan fingerprint density at radius 1 is 1.35 bits per heavy atom. The Morgan fingerprint density at radius 3 is 3.15 bits per heavy atom. The average molecular weight is 271 g/mol. The number of hydrogen-bond donors (Lipinski definition) is 1. The van der Waals surface area contributed by atoms with E-state index < -0.39 is 0 Å². The number of hydrogen-bond acceptors (Lipinski definition) is 5. The third kappa shape index (κ3) is 1.96. The second-order valence-corrected chi connectivity index (χ2v) is 5.28. The number of fused-ring (bicyclic) bond motifs is 1. The van der Waals surface area contributed by atoms with Crippen molar-refractivity contribution in [2.45, 2.75) is 31.4 Å². The minimum Gasteiger partial charge on any atom is -0.376 e. The number of rotatable bonds is 2. The lowest BCUT2D eigenvalue weighted by molar-refractivity contribution is 0.0591. The van der Waals surface area contributed by atoms with Gasteiger partial charge in [-0.1, -0.05) is 0 Å². The van der Waals surface area contributed by atoms with Crippen LogP contribution in [0.5, 0.6) is 0 Å². The van der Waals surface area contributed by atoms with Crippen molar-refractivity contribution in [1.82, 2.24) is 19.7 Å². The predicted octanol–water partition coefficient (Wildman–Crippen LogP) is 1.88. The first-order valence-electron chi connectivity index (χ1n) is 7.14. The average Bonchev–Trinajstić information content (AvgIpc) is 3.17. The number of anilines is 1. The van der Waals surface area contributed by atoms with Crippen LogP contribution in [-0.4, -0.2) is 39.0 Å². The third-order valence-electron chi connectivity index (χ3n) is 3.98. The topological polar surface area (TPSA) is 64.9 Å². The van der Waals surface area contributed by atoms with E-state index in [9.17, 15) is 0 Å². The van der Waals surface area contributed by atoms with E-state index in [2.05, 4.69) is 20.4 Å². The van der Waals surface area contributed by atoms with Crippen LogP contribution in [0.2, 0.25) is 0 Å². The van der Waals surface area contributed by atoms with Gasteiger partial charge in [0, 0.05) is 31.1 Å². The van der Waals surface area contributed by atoms with E-state index in [1.165, 1.54) is 0 Å². The molecule has 2 atom stereocenters. The van der Waals surface area contributed by atoms with Crippen LogP contribution in [-0.2, 0) is 4.74 Å². The molecule has 2 aromatic rings. The summed E-state index contributed by atoms with van der Waals surface area (Å²) in [5.74, 6) is 1.57. The molecule has 0 amide bonds. The van der Waals surface area contributed by atoms with Crippen LogP contribution in [0.3, 0.4) is 0 Å². The van der Waals surface area contributed by atoms with E-state index in [0.717, 1.165) is 49.8 Å². The van der Waals surface area contributed by atoms with Crippen LogP contribution in [0.15, 0.2) is 24.5 Å². The maximum Gasteiger partial charge on any atom is 0.222 e. The van der Waals surface area contributed by atoms with Crippen LogP contribution in [0.1, 0.15) is 25.3 Å². The minimum absolute atomic E-state index is 0.277. The molecule has 4 rings (SSSR count). The van der Waals surface area contributed by atoms with E-state index >= 15 is 0 Å². The third-order valence-corrected chi connectivity index (χ3v) is 3.98. The zero-order chi connectivity index (χ0) is 13.4. The fourth-order valence-electron chi connectivity index (χ4n) is 3.00. The first kappa shape index (κ1) is 11.8. The van der Waals surface area contributed by atoms with Crippen molar-refractivity contribution >= 4 is 5.95 Å². The molecule has 0 aromatic carbocycles. The Bertz CT molecular complexity index is 591. The largest absolute Gasteiger partial charge is 0.376 e. The minimum atomic E-state index is 0.277. The van der Waals surface area contributed by atoms with Gasteiger partial charge in [-0.15, -0.1) is 5.10 Å². The number of ether oxygens (including phenoxy) is 1. The van der Waals surface area contributed by atoms with Crippen molar-refractivity contribution in [1.29, 1.82) is 0 Å². The summed E-state index contributed by atoms with van der Waals surface area (Å²) in [6, 6.07) is 4.18. The van der Waals surface area contributed by atoms with Gasteiger partial charge in [0.15, 0.2) is 5.82 Å². The molecule has 1 saturated heterocycles. The van der Waals surface area contributed by atoms with Crippen molar-refractivity contribution in [2.24, 2.45) is 0 Å². The molecule has 2 unspecified atom stereocenters. The lowest BCUT2D eigenvalue weighted by atomic mass is 10.0. The maximum absolute atomic E-state index is 5.84. The summed E-state index contributed by atoms with van der Waals surface area (Å²) < 4.78 is 7.84. The van der Waals surface area contributed by atoms with Crippen molar-refractivity contribution in [2.75, 3.05) is 18.5 Å². The molecule has 0 bridgehead atoms. The maximum atomic E-state index is 5.84. The van der Waals surface area contributed by atoms with Crippen molar-refractivity contribution in [3.63, 3.8) is 0 Å². The molecular weight excluding hydrogens is 254 g/mol. The molecule has 20 heavy (non-hydrogen) atoms. The lowest BCUT2D eigenvalue weighted by Gasteiger charge is -2.28. The highest BCUT2D eigenvalue weighted by Crippen LogP contribution is 2.32. The van der Waals surface area contributed by atoms with Gasteiger partial charge in [0.05, 0.1) is 12.1 Å². The van der Waals surface area contributed by atoms with Crippen molar-refractivity contribution in [3.8, 4) is 11.4 Å². The van der Waals surface area contributed by atoms with Crippen LogP contribution in [0.25, 0.3) is 11.4 Å². The molecule has 1 fully saturated rings. The molecule has 0 aliphatic carbocycles. The zero-order valence-corrected chi connectivity index (χ0v) is 11.2. The van der Waals surface area contributed by atoms with Gasteiger partial charge >= 0.3 is 0 Å². The Morgan fingerprint density at radius 2 is 2.35 bits per heavy atom. The summed E-state index contributed by atoms with van der Waals surface area (Å²) in [7, 11) is 0. The zero-order valence-electron chi connectivity index (χ0n) is 11.2. The highest BCUT2D eigenvalue weighted by Gasteiger charge is 2.32. The highest BCUT2D eigenvalue weighted by atomic mass is 16.5. The predicted molar refractivity (Wildman–Crippen MR) is 74.4 cm³/mol. The molecule has 104 valence electrons. The van der Waals surface area contributed by atoms with E-state index in [1.807, 2.05) is 16.8 Å². The molecule has 2 aliphatic heterocycles. The van der Waals surface area contributed by atoms with E-state index in [4.69, 9.17) is 4.74 Å². The first-order chi connectivity index (χ1) is 9.92. The molecule has 6 nitrogen and oxygen atoms in total. The molecule has 4 heterocycles. The van der Waals surface area contributed by atoms with Gasteiger partial charge in [0.25, 0.3) is 0 Å². The fourth-order valence-corrected chi connectivity index (χ4v) is 3.00. The molecular formula is C14H17N5O. The van der Waals surface area contributed by atoms with Gasteiger partial charge in [0.2, 0.25) is 5.95 Å². The van der Waals surface area contributed by atoms with Gasteiger partial charge < -0.3 is 10.1 Å². The van der Waals surface area contributed by atoms with Gasteiger partial charge in [-0.2, -0.15) is 4.98 Å². The van der Waals surface area contributed by atoms with Gasteiger partial charge in [0.1, 0.15) is 0 Å². The molecule has 0 spiro atoms. The van der Waals surface area contributed by atoms with Gasteiger partial charge in [-0.05, 0) is 31.4 Å². The standard InChI is InChI=1S/C14H17N5O/c1-3-10(9-15-6-1)13-17-14-16-7-5-11(19(14)18-13)12-4-2-8-20-12/h1,3,6,9,11-12H,2,4-5,7-8H2,(H,16,17,18). The molecule has 0 saturated carbocycles. The van der Waals surface area contributed by atoms with Crippen molar-refractivity contribution in [3.05, 3.63) is 24.5 Å². The quantitative estimate of drug-likeness (QED) is 0.903. The Labute approximate surface area is 117 Å². The van der Waals surface area contributed by atoms with E-state index in [-0.39, 0.29) is 6.10 Å². The van der Waals surface area contributed by atoms with Gasteiger partial charge in [-0.25, -0.2) is 4.68 Å². The summed E-state index contributed by atoms with van der Waals surface area (Å²) >= 11 is 0. The van der Waals surface area contributed by atoms with Gasteiger partial charge in [-0.3, -0.25) is 4.98 Å². The fraction of sp³-hybridized carbons (Fsp3) is 0.500. The number of nitrogens with one attached hydrogen (secondary N) is 1. The SMILES string of the molecule is c1cncc(-c2nc3n(n2)C(C2CCCO2)CCN3)c1. The van der Waals surface area contributed by atoms with Crippen molar-refractivity contribution < 1.29 is 4.74 Å². The smallest absolute Gasteiger partial charge is 0.222 e. The second kappa shape index (κ2) is 4.86. The molecule has 1 N–H and O–H groups in total.